The van der Waals surface area contributed by atoms with Gasteiger partial charge in [0.15, 0.2) is 4.93 Å². The van der Waals surface area contributed by atoms with Gasteiger partial charge >= 0.3 is 29.6 Å². The van der Waals surface area contributed by atoms with Gasteiger partial charge in [-0.25, -0.2) is 8.42 Å². The molecule has 0 aromatic carbocycles. The van der Waals surface area contributed by atoms with Gasteiger partial charge in [0.05, 0.1) is 0 Å². The summed E-state index contributed by atoms with van der Waals surface area (Å²) >= 11 is 0. The van der Waals surface area contributed by atoms with E-state index in [-0.39, 0.29) is 48.3 Å². The van der Waals surface area contributed by atoms with E-state index in [9.17, 15) is 13.0 Å². The fourth-order valence-corrected chi connectivity index (χ4v) is 2.21. The summed E-state index contributed by atoms with van der Waals surface area (Å²) in [4.78, 5) is -1.95. The van der Waals surface area contributed by atoms with Crippen LogP contribution in [0.25, 0.3) is 0 Å². The average Bonchev–Trinajstić information content (AvgIpc) is 1.58. The van der Waals surface area contributed by atoms with Crippen molar-refractivity contribution in [2.75, 3.05) is 0 Å². The Morgan fingerprint density at radius 1 is 1.55 bits per heavy atom. The molecule has 0 bridgehead atoms. The van der Waals surface area contributed by atoms with Gasteiger partial charge in [-0.1, -0.05) is 6.92 Å². The van der Waals surface area contributed by atoms with Gasteiger partial charge in [-0.3, -0.25) is 0 Å². The molecule has 1 fully saturated rings. The van der Waals surface area contributed by atoms with E-state index < -0.39 is 15.1 Å². The van der Waals surface area contributed by atoms with Gasteiger partial charge in [0, 0.05) is 0 Å². The van der Waals surface area contributed by atoms with Crippen molar-refractivity contribution in [3.05, 3.63) is 0 Å². The maximum absolute atomic E-state index is 10.3. The maximum atomic E-state index is 10.3. The molecule has 0 aliphatic heterocycles. The first-order valence-corrected chi connectivity index (χ1v) is 4.44. The fraction of sp³-hybridized carbons (Fsp3) is 1.00. The molecule has 0 atom stereocenters. The SMILES string of the molecule is CC1CC(O)(S(=O)(=O)[O-])C1.[Na+]. The van der Waals surface area contributed by atoms with Crippen LogP contribution in [0.15, 0.2) is 0 Å². The quantitative estimate of drug-likeness (QED) is 0.344. The number of hydrogen-bond acceptors (Lipinski definition) is 4. The van der Waals surface area contributed by atoms with E-state index in [0.717, 1.165) is 0 Å². The van der Waals surface area contributed by atoms with E-state index in [2.05, 4.69) is 0 Å². The second kappa shape index (κ2) is 3.32. The molecule has 0 unspecified atom stereocenters. The van der Waals surface area contributed by atoms with Crippen LogP contribution in [-0.2, 0) is 10.1 Å². The summed E-state index contributed by atoms with van der Waals surface area (Å²) < 4.78 is 30.8. The normalized spacial score (nSPS) is 37.2. The Labute approximate surface area is 88.0 Å². The van der Waals surface area contributed by atoms with E-state index in [0.29, 0.717) is 0 Å². The van der Waals surface area contributed by atoms with E-state index in [1.807, 2.05) is 0 Å². The molecule has 1 aliphatic carbocycles. The summed E-state index contributed by atoms with van der Waals surface area (Å²) in [6.45, 7) is 1.79. The molecule has 0 aromatic heterocycles. The van der Waals surface area contributed by atoms with Gasteiger partial charge in [0.2, 0.25) is 0 Å². The van der Waals surface area contributed by atoms with Crippen LogP contribution >= 0.6 is 0 Å². The van der Waals surface area contributed by atoms with Gasteiger partial charge in [0.25, 0.3) is 0 Å². The molecule has 1 saturated carbocycles. The van der Waals surface area contributed by atoms with Crippen molar-refractivity contribution in [2.24, 2.45) is 5.92 Å². The summed E-state index contributed by atoms with van der Waals surface area (Å²) in [5, 5.41) is 9.02. The molecular weight excluding hydrogens is 179 g/mol. The van der Waals surface area contributed by atoms with E-state index in [1.54, 1.807) is 6.92 Å². The monoisotopic (exact) mass is 188 g/mol. The molecule has 11 heavy (non-hydrogen) atoms. The van der Waals surface area contributed by atoms with Crippen LogP contribution in [0.5, 0.6) is 0 Å². The first-order chi connectivity index (χ1) is 4.35. The molecule has 1 rings (SSSR count). The summed E-state index contributed by atoms with van der Waals surface area (Å²) in [5.41, 5.74) is 0. The van der Waals surface area contributed by atoms with Crippen LogP contribution in [0.3, 0.4) is 0 Å². The Balaban J connectivity index is 0.000001000. The molecule has 4 nitrogen and oxygen atoms in total. The summed E-state index contributed by atoms with van der Waals surface area (Å²) in [7, 11) is -4.49. The first kappa shape index (κ1) is 11.9. The Hall–Kier alpha value is 0.870. The maximum Gasteiger partial charge on any atom is 1.00 e. The molecule has 0 heterocycles. The molecule has 60 valence electrons. The second-order valence-corrected chi connectivity index (χ2v) is 4.58. The van der Waals surface area contributed by atoms with E-state index in [1.165, 1.54) is 0 Å². The number of rotatable bonds is 1. The zero-order chi connectivity index (χ0) is 7.99. The van der Waals surface area contributed by atoms with Crippen LogP contribution in [0.4, 0.5) is 0 Å². The predicted octanol–water partition coefficient (Wildman–Crippen LogP) is -3.35. The third kappa shape index (κ3) is 2.17. The largest absolute Gasteiger partial charge is 1.00 e. The van der Waals surface area contributed by atoms with Gasteiger partial charge in [-0.05, 0) is 18.8 Å². The topological polar surface area (TPSA) is 77.4 Å². The standard InChI is InChI=1S/C5H10O4S.Na/c1-4-2-5(6,3-4)10(7,8)9;/h4,6H,2-3H2,1H3,(H,7,8,9);/q;+1/p-1. The summed E-state index contributed by atoms with van der Waals surface area (Å²) in [6.07, 6.45) is 0.164. The third-order valence-electron chi connectivity index (χ3n) is 1.80. The van der Waals surface area contributed by atoms with Crippen LogP contribution in [0, 0.1) is 5.92 Å². The van der Waals surface area contributed by atoms with Crippen molar-refractivity contribution >= 4 is 10.1 Å². The molecular formula is C5H9NaO4S. The van der Waals surface area contributed by atoms with Crippen LogP contribution in [0.1, 0.15) is 19.8 Å². The Kier molecular flexibility index (Phi) is 3.58. The Morgan fingerprint density at radius 3 is 2.00 bits per heavy atom. The smallest absolute Gasteiger partial charge is 0.746 e. The minimum atomic E-state index is -4.49. The summed E-state index contributed by atoms with van der Waals surface area (Å²) in [6, 6.07) is 0. The Morgan fingerprint density at radius 2 is 1.91 bits per heavy atom. The van der Waals surface area contributed by atoms with Crippen LogP contribution < -0.4 is 29.6 Å². The molecule has 0 radical (unpaired) electrons. The molecule has 0 spiro atoms. The summed E-state index contributed by atoms with van der Waals surface area (Å²) in [5.74, 6) is 0.147. The molecule has 0 aromatic rings. The number of hydrogen-bond donors (Lipinski definition) is 1. The van der Waals surface area contributed by atoms with Crippen molar-refractivity contribution in [1.29, 1.82) is 0 Å². The molecule has 6 heteroatoms. The predicted molar refractivity (Wildman–Crippen MR) is 33.0 cm³/mol. The minimum absolute atomic E-state index is 0. The molecule has 1 aliphatic rings. The zero-order valence-electron chi connectivity index (χ0n) is 6.57. The molecule has 0 amide bonds. The van der Waals surface area contributed by atoms with Gasteiger partial charge in [-0.15, -0.1) is 0 Å². The zero-order valence-corrected chi connectivity index (χ0v) is 9.39. The molecule has 1 N–H and O–H groups in total. The van der Waals surface area contributed by atoms with E-state index >= 15 is 0 Å². The van der Waals surface area contributed by atoms with Crippen molar-refractivity contribution in [3.8, 4) is 0 Å². The third-order valence-corrected chi connectivity index (χ3v) is 3.06. The van der Waals surface area contributed by atoms with Gasteiger partial charge in [-0.2, -0.15) is 0 Å². The van der Waals surface area contributed by atoms with Crippen LogP contribution in [-0.4, -0.2) is 23.0 Å². The van der Waals surface area contributed by atoms with Crippen LogP contribution in [0.2, 0.25) is 0 Å². The minimum Gasteiger partial charge on any atom is -0.746 e. The Bertz CT molecular complexity index is 229. The average molecular weight is 188 g/mol. The van der Waals surface area contributed by atoms with Crippen molar-refractivity contribution in [3.63, 3.8) is 0 Å². The van der Waals surface area contributed by atoms with Crippen molar-refractivity contribution in [2.45, 2.75) is 24.7 Å². The first-order valence-electron chi connectivity index (χ1n) is 3.03. The molecule has 0 saturated heterocycles. The number of aliphatic hydroxyl groups is 1. The van der Waals surface area contributed by atoms with Crippen molar-refractivity contribution < 1.29 is 47.6 Å². The van der Waals surface area contributed by atoms with Crippen molar-refractivity contribution in [1.82, 2.24) is 0 Å². The van der Waals surface area contributed by atoms with Gasteiger partial charge in [0.1, 0.15) is 10.1 Å². The van der Waals surface area contributed by atoms with Gasteiger partial charge < -0.3 is 9.66 Å². The second-order valence-electron chi connectivity index (χ2n) is 2.91. The fourth-order valence-electron chi connectivity index (χ4n) is 1.23. The van der Waals surface area contributed by atoms with E-state index in [4.69, 9.17) is 5.11 Å².